The Morgan fingerprint density at radius 2 is 2.21 bits per heavy atom. The van der Waals surface area contributed by atoms with Crippen LogP contribution in [0.3, 0.4) is 0 Å². The van der Waals surface area contributed by atoms with E-state index in [4.69, 9.17) is 9.47 Å². The fraction of sp³-hybridized carbons (Fsp3) is 0.364. The van der Waals surface area contributed by atoms with Gasteiger partial charge >= 0.3 is 5.97 Å². The second kappa shape index (κ2) is 3.70. The van der Waals surface area contributed by atoms with Gasteiger partial charge in [0.2, 0.25) is 0 Å². The maximum absolute atomic E-state index is 11.0. The first-order valence-electron chi connectivity index (χ1n) is 4.63. The lowest BCUT2D eigenvalue weighted by molar-refractivity contribution is -0.141. The van der Waals surface area contributed by atoms with Gasteiger partial charge in [0.15, 0.2) is 0 Å². The van der Waals surface area contributed by atoms with E-state index in [-0.39, 0.29) is 12.1 Å². The van der Waals surface area contributed by atoms with E-state index in [0.29, 0.717) is 6.42 Å². The molecule has 1 aliphatic rings. The fourth-order valence-corrected chi connectivity index (χ4v) is 1.68. The Morgan fingerprint density at radius 3 is 2.86 bits per heavy atom. The summed E-state index contributed by atoms with van der Waals surface area (Å²) in [6.07, 6.45) is 1.13. The first kappa shape index (κ1) is 9.06. The van der Waals surface area contributed by atoms with Gasteiger partial charge in [0, 0.05) is 12.0 Å². The minimum absolute atomic E-state index is 0.124. The van der Waals surface area contributed by atoms with Crippen LogP contribution in [0, 0.1) is 0 Å². The normalized spacial score (nSPS) is 20.6. The molecular weight excluding hydrogens is 180 g/mol. The van der Waals surface area contributed by atoms with E-state index in [9.17, 15) is 4.79 Å². The Balaban J connectivity index is 2.27. The van der Waals surface area contributed by atoms with Crippen molar-refractivity contribution in [3.05, 3.63) is 29.8 Å². The summed E-state index contributed by atoms with van der Waals surface area (Å²) in [5.41, 5.74) is 0.959. The number of rotatable bonds is 2. The molecule has 0 spiro atoms. The highest BCUT2D eigenvalue weighted by Gasteiger charge is 2.26. The predicted molar refractivity (Wildman–Crippen MR) is 51.1 cm³/mol. The van der Waals surface area contributed by atoms with Crippen molar-refractivity contribution in [2.45, 2.75) is 18.9 Å². The fourth-order valence-electron chi connectivity index (χ4n) is 1.68. The van der Waals surface area contributed by atoms with Crippen LogP contribution in [0.5, 0.6) is 5.75 Å². The monoisotopic (exact) mass is 192 g/mol. The molecule has 0 aliphatic carbocycles. The van der Waals surface area contributed by atoms with Crippen molar-refractivity contribution in [2.24, 2.45) is 0 Å². The van der Waals surface area contributed by atoms with Gasteiger partial charge in [-0.15, -0.1) is 0 Å². The number of esters is 1. The van der Waals surface area contributed by atoms with Gasteiger partial charge in [-0.05, 0) is 12.5 Å². The first-order valence-corrected chi connectivity index (χ1v) is 4.63. The van der Waals surface area contributed by atoms with E-state index in [1.54, 1.807) is 7.11 Å². The molecular formula is C11H12O3. The summed E-state index contributed by atoms with van der Waals surface area (Å²) in [6.45, 7) is 0. The van der Waals surface area contributed by atoms with E-state index in [1.807, 2.05) is 24.3 Å². The van der Waals surface area contributed by atoms with Crippen LogP contribution in [-0.4, -0.2) is 13.1 Å². The second-order valence-corrected chi connectivity index (χ2v) is 3.26. The van der Waals surface area contributed by atoms with Crippen LogP contribution in [0.4, 0.5) is 0 Å². The average Bonchev–Trinajstić information content (AvgIpc) is 2.65. The van der Waals surface area contributed by atoms with Crippen LogP contribution in [0.15, 0.2) is 24.3 Å². The predicted octanol–water partition coefficient (Wildman–Crippen LogP) is 2.07. The number of carbonyl (C=O) groups is 1. The number of ether oxygens (including phenoxy) is 2. The van der Waals surface area contributed by atoms with Crippen LogP contribution in [0.25, 0.3) is 0 Å². The van der Waals surface area contributed by atoms with E-state index < -0.39 is 0 Å². The Labute approximate surface area is 82.6 Å². The minimum Gasteiger partial charge on any atom is -0.496 e. The van der Waals surface area contributed by atoms with E-state index in [2.05, 4.69) is 0 Å². The molecule has 1 saturated heterocycles. The van der Waals surface area contributed by atoms with E-state index in [1.165, 1.54) is 0 Å². The molecule has 0 unspecified atom stereocenters. The third-order valence-corrected chi connectivity index (χ3v) is 2.37. The molecule has 74 valence electrons. The molecule has 0 N–H and O–H groups in total. The highest BCUT2D eigenvalue weighted by Crippen LogP contribution is 2.34. The molecule has 1 aromatic rings. The summed E-state index contributed by atoms with van der Waals surface area (Å²) in [4.78, 5) is 11.0. The third kappa shape index (κ3) is 1.58. The maximum Gasteiger partial charge on any atom is 0.306 e. The third-order valence-electron chi connectivity index (χ3n) is 2.37. The second-order valence-electron chi connectivity index (χ2n) is 3.26. The largest absolute Gasteiger partial charge is 0.496 e. The molecule has 0 saturated carbocycles. The Hall–Kier alpha value is -1.51. The number of carbonyl (C=O) groups excluding carboxylic acids is 1. The van der Waals surface area contributed by atoms with E-state index in [0.717, 1.165) is 17.7 Å². The topological polar surface area (TPSA) is 35.5 Å². The summed E-state index contributed by atoms with van der Waals surface area (Å²) in [6, 6.07) is 7.63. The molecule has 1 fully saturated rings. The van der Waals surface area contributed by atoms with Gasteiger partial charge in [-0.1, -0.05) is 18.2 Å². The SMILES string of the molecule is COc1ccccc1[C@H]1CCC(=O)O1. The van der Waals surface area contributed by atoms with E-state index >= 15 is 0 Å². The van der Waals surface area contributed by atoms with Gasteiger partial charge < -0.3 is 9.47 Å². The lowest BCUT2D eigenvalue weighted by atomic mass is 10.1. The number of methoxy groups -OCH3 is 1. The quantitative estimate of drug-likeness (QED) is 0.673. The molecule has 0 radical (unpaired) electrons. The van der Waals surface area contributed by atoms with Gasteiger partial charge in [0.25, 0.3) is 0 Å². The van der Waals surface area contributed by atoms with Gasteiger partial charge in [-0.2, -0.15) is 0 Å². The molecule has 1 heterocycles. The molecule has 2 rings (SSSR count). The molecule has 1 aromatic carbocycles. The van der Waals surface area contributed by atoms with Gasteiger partial charge in [0.1, 0.15) is 11.9 Å². The van der Waals surface area contributed by atoms with Crippen molar-refractivity contribution in [1.29, 1.82) is 0 Å². The highest BCUT2D eigenvalue weighted by atomic mass is 16.6. The van der Waals surface area contributed by atoms with Crippen LogP contribution in [0.2, 0.25) is 0 Å². The summed E-state index contributed by atoms with van der Waals surface area (Å²) in [7, 11) is 1.62. The van der Waals surface area contributed by atoms with Crippen molar-refractivity contribution in [3.8, 4) is 5.75 Å². The lowest BCUT2D eigenvalue weighted by Gasteiger charge is -2.13. The van der Waals surface area contributed by atoms with Gasteiger partial charge in [-0.3, -0.25) is 4.79 Å². The number of hydrogen-bond donors (Lipinski definition) is 0. The summed E-state index contributed by atoms with van der Waals surface area (Å²) < 4.78 is 10.4. The first-order chi connectivity index (χ1) is 6.81. The zero-order valence-electron chi connectivity index (χ0n) is 8.03. The van der Waals surface area contributed by atoms with Gasteiger partial charge in [0.05, 0.1) is 7.11 Å². The molecule has 3 heteroatoms. The molecule has 0 amide bonds. The Kier molecular flexibility index (Phi) is 2.39. The van der Waals surface area contributed by atoms with Crippen LogP contribution >= 0.6 is 0 Å². The number of para-hydroxylation sites is 1. The maximum atomic E-state index is 11.0. The Morgan fingerprint density at radius 1 is 1.43 bits per heavy atom. The highest BCUT2D eigenvalue weighted by molar-refractivity contribution is 5.72. The number of benzene rings is 1. The lowest BCUT2D eigenvalue weighted by Crippen LogP contribution is -2.00. The number of cyclic esters (lactones) is 1. The van der Waals surface area contributed by atoms with Crippen LogP contribution < -0.4 is 4.74 Å². The smallest absolute Gasteiger partial charge is 0.306 e. The van der Waals surface area contributed by atoms with Crippen molar-refractivity contribution in [3.63, 3.8) is 0 Å². The van der Waals surface area contributed by atoms with Crippen LogP contribution in [0.1, 0.15) is 24.5 Å². The minimum atomic E-state index is -0.126. The summed E-state index contributed by atoms with van der Waals surface area (Å²) in [5, 5.41) is 0. The zero-order valence-corrected chi connectivity index (χ0v) is 8.03. The van der Waals surface area contributed by atoms with Crippen molar-refractivity contribution >= 4 is 5.97 Å². The molecule has 14 heavy (non-hydrogen) atoms. The van der Waals surface area contributed by atoms with Crippen molar-refractivity contribution in [2.75, 3.05) is 7.11 Å². The molecule has 1 atom stereocenters. The molecule has 1 aliphatic heterocycles. The van der Waals surface area contributed by atoms with Gasteiger partial charge in [-0.25, -0.2) is 0 Å². The summed E-state index contributed by atoms with van der Waals surface area (Å²) >= 11 is 0. The Bertz CT molecular complexity index is 346. The zero-order chi connectivity index (χ0) is 9.97. The summed E-state index contributed by atoms with van der Waals surface area (Å²) in [5.74, 6) is 0.660. The van der Waals surface area contributed by atoms with Crippen molar-refractivity contribution in [1.82, 2.24) is 0 Å². The van der Waals surface area contributed by atoms with Crippen molar-refractivity contribution < 1.29 is 14.3 Å². The molecule has 3 nitrogen and oxygen atoms in total. The standard InChI is InChI=1S/C11H12O3/c1-13-9-5-3-2-4-8(9)10-6-7-11(12)14-10/h2-5,10H,6-7H2,1H3/t10-/m1/s1. The van der Waals surface area contributed by atoms with Crippen LogP contribution in [-0.2, 0) is 9.53 Å². The average molecular weight is 192 g/mol. The molecule has 0 aromatic heterocycles. The number of hydrogen-bond acceptors (Lipinski definition) is 3. The molecule has 0 bridgehead atoms.